The van der Waals surface area contributed by atoms with Crippen molar-refractivity contribution in [1.29, 1.82) is 0 Å². The second kappa shape index (κ2) is 1.99. The lowest BCUT2D eigenvalue weighted by molar-refractivity contribution is 0.554. The van der Waals surface area contributed by atoms with E-state index in [1.807, 2.05) is 13.0 Å². The van der Waals surface area contributed by atoms with Gasteiger partial charge in [0.25, 0.3) is 0 Å². The highest BCUT2D eigenvalue weighted by Crippen LogP contribution is 2.04. The van der Waals surface area contributed by atoms with Gasteiger partial charge in [-0.2, -0.15) is 4.39 Å². The maximum Gasteiger partial charge on any atom is 0.187 e. The van der Waals surface area contributed by atoms with Crippen LogP contribution in [0.1, 0.15) is 6.92 Å². The smallest absolute Gasteiger partial charge is 0.187 e. The van der Waals surface area contributed by atoms with Gasteiger partial charge in [-0.15, -0.1) is 0 Å². The highest BCUT2D eigenvalue weighted by atomic mass is 19.1. The fourth-order valence-electron chi connectivity index (χ4n) is 0.619. The fourth-order valence-corrected chi connectivity index (χ4v) is 0.619. The third kappa shape index (κ3) is 1.09. The molecule has 0 aromatic carbocycles. The number of nitrogens with one attached hydrogen (secondary N) is 1. The lowest BCUT2D eigenvalue weighted by Gasteiger charge is -2.04. The first-order valence-electron chi connectivity index (χ1n) is 2.57. The molecule has 0 saturated carbocycles. The Labute approximate surface area is 47.9 Å². The predicted octanol–water partition coefficient (Wildman–Crippen LogP) is 1.35. The van der Waals surface area contributed by atoms with Crippen molar-refractivity contribution in [3.8, 4) is 0 Å². The molecule has 1 aliphatic heterocycles. The second-order valence-electron chi connectivity index (χ2n) is 1.82. The summed E-state index contributed by atoms with van der Waals surface area (Å²) in [5.74, 6) is -0.231. The molecule has 0 bridgehead atoms. The molecular formula is C6H8FN. The third-order valence-electron chi connectivity index (χ3n) is 1.05. The highest BCUT2D eigenvalue weighted by molar-refractivity contribution is 5.22. The van der Waals surface area contributed by atoms with E-state index in [1.54, 1.807) is 0 Å². The number of hydrogen-bond donors (Lipinski definition) is 1. The topological polar surface area (TPSA) is 12.0 Å². The molecule has 0 aromatic heterocycles. The van der Waals surface area contributed by atoms with Crippen molar-refractivity contribution < 1.29 is 4.39 Å². The first-order valence-corrected chi connectivity index (χ1v) is 2.57. The van der Waals surface area contributed by atoms with Crippen LogP contribution in [0.15, 0.2) is 23.7 Å². The SMILES string of the molecule is CC1=CCNC(F)=C1. The second-order valence-corrected chi connectivity index (χ2v) is 1.82. The van der Waals surface area contributed by atoms with E-state index in [4.69, 9.17) is 0 Å². The van der Waals surface area contributed by atoms with Crippen LogP contribution in [0.5, 0.6) is 0 Å². The molecule has 0 aliphatic carbocycles. The van der Waals surface area contributed by atoms with Gasteiger partial charge in [-0.25, -0.2) is 0 Å². The number of allylic oxidation sites excluding steroid dienone is 2. The Morgan fingerprint density at radius 2 is 2.50 bits per heavy atom. The molecule has 0 aromatic rings. The average molecular weight is 113 g/mol. The van der Waals surface area contributed by atoms with E-state index in [2.05, 4.69) is 5.32 Å². The van der Waals surface area contributed by atoms with Crippen LogP contribution in [0.25, 0.3) is 0 Å². The van der Waals surface area contributed by atoms with Crippen LogP contribution in [-0.4, -0.2) is 6.54 Å². The van der Waals surface area contributed by atoms with Crippen molar-refractivity contribution in [3.05, 3.63) is 23.7 Å². The van der Waals surface area contributed by atoms with E-state index in [-0.39, 0.29) is 5.95 Å². The molecule has 8 heavy (non-hydrogen) atoms. The molecular weight excluding hydrogens is 105 g/mol. The van der Waals surface area contributed by atoms with Crippen LogP contribution >= 0.6 is 0 Å². The number of rotatable bonds is 0. The zero-order valence-electron chi connectivity index (χ0n) is 4.74. The third-order valence-corrected chi connectivity index (χ3v) is 1.05. The minimum absolute atomic E-state index is 0.231. The molecule has 0 amide bonds. The summed E-state index contributed by atoms with van der Waals surface area (Å²) in [4.78, 5) is 0. The molecule has 1 rings (SSSR count). The summed E-state index contributed by atoms with van der Waals surface area (Å²) < 4.78 is 12.1. The van der Waals surface area contributed by atoms with Gasteiger partial charge in [0.1, 0.15) is 0 Å². The molecule has 0 spiro atoms. The Morgan fingerprint density at radius 1 is 1.75 bits per heavy atom. The molecule has 2 heteroatoms. The van der Waals surface area contributed by atoms with E-state index in [9.17, 15) is 4.39 Å². The van der Waals surface area contributed by atoms with Crippen molar-refractivity contribution in [2.45, 2.75) is 6.92 Å². The fraction of sp³-hybridized carbons (Fsp3) is 0.333. The van der Waals surface area contributed by atoms with Crippen molar-refractivity contribution in [2.24, 2.45) is 0 Å². The summed E-state index contributed by atoms with van der Waals surface area (Å²) in [6.45, 7) is 2.49. The quantitative estimate of drug-likeness (QED) is 0.467. The van der Waals surface area contributed by atoms with Gasteiger partial charge in [-0.3, -0.25) is 0 Å². The lowest BCUT2D eigenvalue weighted by atomic mass is 10.2. The summed E-state index contributed by atoms with van der Waals surface area (Å²) in [5.41, 5.74) is 0.987. The summed E-state index contributed by atoms with van der Waals surface area (Å²) >= 11 is 0. The van der Waals surface area contributed by atoms with Crippen LogP contribution < -0.4 is 5.32 Å². The van der Waals surface area contributed by atoms with Gasteiger partial charge in [0, 0.05) is 6.54 Å². The Kier molecular flexibility index (Phi) is 1.33. The molecule has 0 fully saturated rings. The van der Waals surface area contributed by atoms with E-state index in [0.29, 0.717) is 6.54 Å². The van der Waals surface area contributed by atoms with Crippen LogP contribution in [0, 0.1) is 0 Å². The molecule has 0 radical (unpaired) electrons. The normalized spacial score (nSPS) is 18.8. The van der Waals surface area contributed by atoms with Crippen LogP contribution in [0.3, 0.4) is 0 Å². The lowest BCUT2D eigenvalue weighted by Crippen LogP contribution is -2.13. The first-order chi connectivity index (χ1) is 3.79. The minimum Gasteiger partial charge on any atom is -0.358 e. The first kappa shape index (κ1) is 5.35. The summed E-state index contributed by atoms with van der Waals surface area (Å²) in [7, 11) is 0. The molecule has 0 atom stereocenters. The van der Waals surface area contributed by atoms with Crippen molar-refractivity contribution in [2.75, 3.05) is 6.54 Å². The molecule has 1 heterocycles. The average Bonchev–Trinajstić information content (AvgIpc) is 1.64. The maximum absolute atomic E-state index is 12.1. The van der Waals surface area contributed by atoms with Gasteiger partial charge in [0.15, 0.2) is 5.95 Å². The van der Waals surface area contributed by atoms with E-state index < -0.39 is 0 Å². The maximum atomic E-state index is 12.1. The Balaban J connectivity index is 2.69. The summed E-state index contributed by atoms with van der Waals surface area (Å²) in [6, 6.07) is 0. The van der Waals surface area contributed by atoms with Gasteiger partial charge >= 0.3 is 0 Å². The molecule has 0 saturated heterocycles. The summed E-state index contributed by atoms with van der Waals surface area (Å²) in [5, 5.41) is 2.53. The monoisotopic (exact) mass is 113 g/mol. The standard InChI is InChI=1S/C6H8FN/c1-5-2-3-8-6(7)4-5/h2,4,8H,3H2,1H3. The van der Waals surface area contributed by atoms with Crippen molar-refractivity contribution >= 4 is 0 Å². The van der Waals surface area contributed by atoms with E-state index >= 15 is 0 Å². The van der Waals surface area contributed by atoms with Crippen molar-refractivity contribution in [3.63, 3.8) is 0 Å². The van der Waals surface area contributed by atoms with Crippen molar-refractivity contribution in [1.82, 2.24) is 5.32 Å². The molecule has 1 N–H and O–H groups in total. The number of hydrogen-bond acceptors (Lipinski definition) is 1. The zero-order valence-corrected chi connectivity index (χ0v) is 4.74. The van der Waals surface area contributed by atoms with Gasteiger partial charge in [0.2, 0.25) is 0 Å². The van der Waals surface area contributed by atoms with Crippen LogP contribution in [-0.2, 0) is 0 Å². The largest absolute Gasteiger partial charge is 0.358 e. The summed E-state index contributed by atoms with van der Waals surface area (Å²) in [6.07, 6.45) is 3.41. The van der Waals surface area contributed by atoms with Gasteiger partial charge in [-0.05, 0) is 18.6 Å². The van der Waals surface area contributed by atoms with Gasteiger partial charge in [0.05, 0.1) is 0 Å². The molecule has 0 unspecified atom stereocenters. The van der Waals surface area contributed by atoms with Crippen LogP contribution in [0.4, 0.5) is 4.39 Å². The molecule has 44 valence electrons. The van der Waals surface area contributed by atoms with Gasteiger partial charge in [-0.1, -0.05) is 6.08 Å². The zero-order chi connectivity index (χ0) is 5.98. The van der Waals surface area contributed by atoms with Crippen LogP contribution in [0.2, 0.25) is 0 Å². The minimum atomic E-state index is -0.231. The number of dihydropyridines is 1. The molecule has 1 aliphatic rings. The Bertz CT molecular complexity index is 147. The molecule has 1 nitrogen and oxygen atoms in total. The Hall–Kier alpha value is -0.790. The Morgan fingerprint density at radius 3 is 2.88 bits per heavy atom. The van der Waals surface area contributed by atoms with Gasteiger partial charge < -0.3 is 5.32 Å². The predicted molar refractivity (Wildman–Crippen MR) is 31.0 cm³/mol. The highest BCUT2D eigenvalue weighted by Gasteiger charge is 1.96. The van der Waals surface area contributed by atoms with E-state index in [0.717, 1.165) is 5.57 Å². The van der Waals surface area contributed by atoms with E-state index in [1.165, 1.54) is 6.08 Å². The number of halogens is 1.